The second-order valence-electron chi connectivity index (χ2n) is 11.3. The first-order valence-electron chi connectivity index (χ1n) is 13.7. The number of aromatic nitrogens is 2. The van der Waals surface area contributed by atoms with Gasteiger partial charge in [0, 0.05) is 18.5 Å². The van der Waals surface area contributed by atoms with Crippen LogP contribution in [-0.4, -0.2) is 56.0 Å². The molecule has 1 amide bonds. The number of aliphatic carboxylic acids is 1. The van der Waals surface area contributed by atoms with Gasteiger partial charge in [0.15, 0.2) is 0 Å². The van der Waals surface area contributed by atoms with Gasteiger partial charge in [0.05, 0.1) is 12.1 Å². The monoisotopic (exact) mass is 567 g/mol. The molecule has 0 bridgehead atoms. The molecule has 1 unspecified atom stereocenters. The smallest absolute Gasteiger partial charge is 0.321 e. The zero-order valence-electron chi connectivity index (χ0n) is 23.8. The normalized spacial score (nSPS) is 13.5. The van der Waals surface area contributed by atoms with E-state index >= 15 is 0 Å². The Kier molecular flexibility index (Phi) is 7.91. The second kappa shape index (κ2) is 11.6. The topological polar surface area (TPSA) is 148 Å². The van der Waals surface area contributed by atoms with Crippen LogP contribution in [0.3, 0.4) is 0 Å². The number of hydrogen-bond donors (Lipinski definition) is 3. The van der Waals surface area contributed by atoms with Crippen molar-refractivity contribution in [3.63, 3.8) is 0 Å². The van der Waals surface area contributed by atoms with Crippen LogP contribution in [0.5, 0.6) is 0 Å². The highest BCUT2D eigenvalue weighted by molar-refractivity contribution is 6.06. The van der Waals surface area contributed by atoms with Crippen molar-refractivity contribution in [3.8, 4) is 11.1 Å². The summed E-state index contributed by atoms with van der Waals surface area (Å²) in [6.07, 6.45) is 0.113. The van der Waals surface area contributed by atoms with E-state index in [1.54, 1.807) is 31.7 Å². The Labute approximate surface area is 243 Å². The first kappa shape index (κ1) is 28.7. The number of benzene rings is 3. The van der Waals surface area contributed by atoms with Crippen LogP contribution in [-0.2, 0) is 33.8 Å². The van der Waals surface area contributed by atoms with Gasteiger partial charge in [0.1, 0.15) is 17.3 Å². The fourth-order valence-corrected chi connectivity index (χ4v) is 5.13. The Bertz CT molecular complexity index is 1650. The lowest BCUT2D eigenvalue weighted by molar-refractivity contribution is -0.154. The molecular formula is C32H33N5O5. The summed E-state index contributed by atoms with van der Waals surface area (Å²) in [7, 11) is 0. The Hall–Kier alpha value is -4.83. The number of fused-ring (bicyclic) bond motifs is 2. The van der Waals surface area contributed by atoms with Gasteiger partial charge >= 0.3 is 11.9 Å². The summed E-state index contributed by atoms with van der Waals surface area (Å²) < 4.78 is 5.30. The lowest BCUT2D eigenvalue weighted by Gasteiger charge is -2.21. The van der Waals surface area contributed by atoms with Gasteiger partial charge in [-0.3, -0.25) is 19.7 Å². The molecule has 3 aromatic carbocycles. The maximum atomic E-state index is 13.7. The molecule has 5 rings (SSSR count). The average molecular weight is 568 g/mol. The number of carbonyl (C=O) groups is 3. The van der Waals surface area contributed by atoms with Gasteiger partial charge in [-0.25, -0.2) is 9.97 Å². The summed E-state index contributed by atoms with van der Waals surface area (Å²) in [6.45, 7) is 5.98. The van der Waals surface area contributed by atoms with E-state index < -0.39 is 23.6 Å². The molecule has 0 spiro atoms. The molecule has 0 aliphatic carbocycles. The summed E-state index contributed by atoms with van der Waals surface area (Å²) >= 11 is 0. The Balaban J connectivity index is 1.44. The van der Waals surface area contributed by atoms with Crippen molar-refractivity contribution in [2.75, 3.05) is 12.3 Å². The van der Waals surface area contributed by atoms with Gasteiger partial charge in [-0.05, 0) is 67.1 Å². The number of rotatable bonds is 8. The van der Waals surface area contributed by atoms with Crippen LogP contribution in [0.4, 0.5) is 5.95 Å². The number of carboxylic acids is 1. The molecule has 1 aliphatic rings. The Morgan fingerprint density at radius 2 is 1.67 bits per heavy atom. The van der Waals surface area contributed by atoms with Crippen LogP contribution in [0.2, 0.25) is 0 Å². The minimum absolute atomic E-state index is 0.0103. The van der Waals surface area contributed by atoms with Gasteiger partial charge < -0.3 is 20.5 Å². The van der Waals surface area contributed by atoms with Crippen molar-refractivity contribution in [2.45, 2.75) is 51.9 Å². The minimum atomic E-state index is -1.09. The number of nitrogens with zero attached hydrogens (tertiary/aromatic N) is 3. The molecule has 216 valence electrons. The highest BCUT2D eigenvalue weighted by atomic mass is 16.6. The third-order valence-electron chi connectivity index (χ3n) is 7.01. The van der Waals surface area contributed by atoms with Crippen LogP contribution in [0.15, 0.2) is 66.7 Å². The summed E-state index contributed by atoms with van der Waals surface area (Å²) in [6, 6.07) is 19.8. The number of nitrogens with two attached hydrogens (primary N) is 1. The lowest BCUT2D eigenvalue weighted by atomic mass is 9.94. The first-order valence-corrected chi connectivity index (χ1v) is 13.7. The van der Waals surface area contributed by atoms with E-state index in [-0.39, 0.29) is 30.5 Å². The molecule has 4 N–H and O–H groups in total. The standard InChI is InChI=1S/C32H33N5O5/c1-32(2,3)42-27(38)16-34-26(30(40)41)15-19-8-6-7-11-23(19)20-12-13-25-24(14-20)28(36-31(33)35-25)29(39)37-17-21-9-4-5-10-22(21)18-37/h4-14,26,34H,15-18H2,1-3H3,(H,40,41)(H2,33,35,36). The highest BCUT2D eigenvalue weighted by Crippen LogP contribution is 2.31. The van der Waals surface area contributed by atoms with Crippen LogP contribution in [0.25, 0.3) is 22.0 Å². The number of esters is 1. The van der Waals surface area contributed by atoms with Crippen molar-refractivity contribution in [1.29, 1.82) is 0 Å². The van der Waals surface area contributed by atoms with Gasteiger partial charge in [-0.1, -0.05) is 54.6 Å². The van der Waals surface area contributed by atoms with E-state index in [9.17, 15) is 19.5 Å². The molecule has 2 heterocycles. The zero-order chi connectivity index (χ0) is 30.0. The van der Waals surface area contributed by atoms with Crippen LogP contribution >= 0.6 is 0 Å². The SMILES string of the molecule is CC(C)(C)OC(=O)CNC(Cc1ccccc1-c1ccc2nc(N)nc(C(=O)N3Cc4ccccc4C3)c2c1)C(=O)O. The molecule has 0 saturated heterocycles. The molecule has 4 aromatic rings. The maximum Gasteiger partial charge on any atom is 0.321 e. The second-order valence-corrected chi connectivity index (χ2v) is 11.3. The van der Waals surface area contributed by atoms with Gasteiger partial charge in [0.25, 0.3) is 5.91 Å². The number of anilines is 1. The number of amides is 1. The molecule has 10 nitrogen and oxygen atoms in total. The number of nitrogen functional groups attached to an aromatic ring is 1. The molecule has 42 heavy (non-hydrogen) atoms. The molecule has 0 fully saturated rings. The van der Waals surface area contributed by atoms with Crippen LogP contribution < -0.4 is 11.1 Å². The summed E-state index contributed by atoms with van der Waals surface area (Å²) in [4.78, 5) is 48.4. The average Bonchev–Trinajstić information content (AvgIpc) is 3.38. The van der Waals surface area contributed by atoms with Crippen molar-refractivity contribution >= 4 is 34.7 Å². The van der Waals surface area contributed by atoms with Gasteiger partial charge in [-0.15, -0.1) is 0 Å². The zero-order valence-corrected chi connectivity index (χ0v) is 23.8. The summed E-state index contributed by atoms with van der Waals surface area (Å²) in [5.74, 6) is -1.85. The van der Waals surface area contributed by atoms with Crippen molar-refractivity contribution in [1.82, 2.24) is 20.2 Å². The number of carbonyl (C=O) groups excluding carboxylic acids is 2. The van der Waals surface area contributed by atoms with Gasteiger partial charge in [-0.2, -0.15) is 0 Å². The predicted molar refractivity (Wildman–Crippen MR) is 158 cm³/mol. The van der Waals surface area contributed by atoms with Crippen molar-refractivity contribution < 1.29 is 24.2 Å². The molecule has 1 aliphatic heterocycles. The molecular weight excluding hydrogens is 534 g/mol. The van der Waals surface area contributed by atoms with Crippen molar-refractivity contribution in [3.05, 3.63) is 89.1 Å². The summed E-state index contributed by atoms with van der Waals surface area (Å²) in [5.41, 5.74) is 10.6. The highest BCUT2D eigenvalue weighted by Gasteiger charge is 2.27. The van der Waals surface area contributed by atoms with E-state index in [0.717, 1.165) is 27.8 Å². The third-order valence-corrected chi connectivity index (χ3v) is 7.01. The quantitative estimate of drug-likeness (QED) is 0.269. The largest absolute Gasteiger partial charge is 0.480 e. The van der Waals surface area contributed by atoms with Gasteiger partial charge in [0.2, 0.25) is 5.95 Å². The number of hydrogen-bond acceptors (Lipinski definition) is 8. The molecule has 10 heteroatoms. The molecule has 0 saturated carbocycles. The van der Waals surface area contributed by atoms with E-state index in [4.69, 9.17) is 10.5 Å². The minimum Gasteiger partial charge on any atom is -0.480 e. The molecule has 1 aromatic heterocycles. The fourth-order valence-electron chi connectivity index (χ4n) is 5.13. The van der Waals surface area contributed by atoms with Crippen LogP contribution in [0.1, 0.15) is 48.0 Å². The molecule has 0 radical (unpaired) electrons. The first-order chi connectivity index (χ1) is 20.0. The lowest BCUT2D eigenvalue weighted by Crippen LogP contribution is -2.43. The molecule has 1 atom stereocenters. The number of ether oxygens (including phenoxy) is 1. The van der Waals surface area contributed by atoms with E-state index in [2.05, 4.69) is 15.3 Å². The number of carboxylic acid groups (broad SMARTS) is 1. The van der Waals surface area contributed by atoms with E-state index in [1.807, 2.05) is 60.7 Å². The fraction of sp³-hybridized carbons (Fsp3) is 0.281. The van der Waals surface area contributed by atoms with E-state index in [1.165, 1.54) is 0 Å². The predicted octanol–water partition coefficient (Wildman–Crippen LogP) is 3.96. The third kappa shape index (κ3) is 6.39. The van der Waals surface area contributed by atoms with Crippen LogP contribution in [0, 0.1) is 0 Å². The maximum absolute atomic E-state index is 13.7. The Morgan fingerprint density at radius 3 is 2.33 bits per heavy atom. The van der Waals surface area contributed by atoms with Crippen molar-refractivity contribution in [2.24, 2.45) is 0 Å². The number of nitrogens with one attached hydrogen (secondary N) is 1. The van der Waals surface area contributed by atoms with E-state index in [0.29, 0.717) is 24.0 Å². The Morgan fingerprint density at radius 1 is 1.00 bits per heavy atom. The summed E-state index contributed by atoms with van der Waals surface area (Å²) in [5, 5.41) is 13.3.